The highest BCUT2D eigenvalue weighted by Gasteiger charge is 2.21. The molecule has 0 bridgehead atoms. The van der Waals surface area contributed by atoms with Crippen molar-refractivity contribution in [2.45, 2.75) is 19.3 Å². The monoisotopic (exact) mass is 262 g/mol. The van der Waals surface area contributed by atoms with Crippen molar-refractivity contribution in [2.24, 2.45) is 0 Å². The molecule has 0 saturated carbocycles. The maximum atomic E-state index is 12.0. The molecular weight excluding hydrogens is 248 g/mol. The van der Waals surface area contributed by atoms with E-state index < -0.39 is 0 Å². The van der Waals surface area contributed by atoms with Gasteiger partial charge in [-0.3, -0.25) is 9.78 Å². The van der Waals surface area contributed by atoms with Crippen LogP contribution in [0.25, 0.3) is 16.6 Å². The van der Waals surface area contributed by atoms with Gasteiger partial charge in [-0.1, -0.05) is 6.07 Å². The van der Waals surface area contributed by atoms with Gasteiger partial charge in [-0.15, -0.1) is 0 Å². The number of benzene rings is 1. The number of pyridine rings is 1. The molecule has 3 nitrogen and oxygen atoms in total. The average molecular weight is 262 g/mol. The third-order valence-corrected chi connectivity index (χ3v) is 3.99. The third-order valence-electron chi connectivity index (χ3n) is 3.99. The fourth-order valence-electron chi connectivity index (χ4n) is 3.05. The third kappa shape index (κ3) is 1.59. The van der Waals surface area contributed by atoms with Crippen molar-refractivity contribution in [3.63, 3.8) is 0 Å². The molecule has 3 aromatic rings. The fraction of sp³-hybridized carbons (Fsp3) is 0.176. The highest BCUT2D eigenvalue weighted by molar-refractivity contribution is 5.98. The first-order valence-corrected chi connectivity index (χ1v) is 6.92. The predicted octanol–water partition coefficient (Wildman–Crippen LogP) is 3.54. The van der Waals surface area contributed by atoms with Crippen molar-refractivity contribution >= 4 is 16.7 Å². The normalized spacial score (nSPS) is 14.5. The molecule has 0 spiro atoms. The van der Waals surface area contributed by atoms with Crippen LogP contribution in [0.4, 0.5) is 0 Å². The van der Waals surface area contributed by atoms with Crippen molar-refractivity contribution in [3.8, 4) is 5.69 Å². The SMILES string of the molecule is O=C1CCCc2c1ccn2-c1cccc2ncccc12. The Morgan fingerprint density at radius 2 is 2.00 bits per heavy atom. The summed E-state index contributed by atoms with van der Waals surface area (Å²) < 4.78 is 2.15. The average Bonchev–Trinajstić information content (AvgIpc) is 2.92. The van der Waals surface area contributed by atoms with Crippen LogP contribution >= 0.6 is 0 Å². The van der Waals surface area contributed by atoms with E-state index in [0.29, 0.717) is 6.42 Å². The molecule has 20 heavy (non-hydrogen) atoms. The van der Waals surface area contributed by atoms with Crippen LogP contribution < -0.4 is 0 Å². The van der Waals surface area contributed by atoms with Crippen LogP contribution in [0.5, 0.6) is 0 Å². The van der Waals surface area contributed by atoms with E-state index in [2.05, 4.69) is 21.7 Å². The number of ketones is 1. The van der Waals surface area contributed by atoms with Gasteiger partial charge in [-0.2, -0.15) is 0 Å². The summed E-state index contributed by atoms with van der Waals surface area (Å²) in [4.78, 5) is 16.4. The first kappa shape index (κ1) is 11.4. The van der Waals surface area contributed by atoms with Crippen molar-refractivity contribution in [3.05, 3.63) is 60.0 Å². The number of hydrogen-bond donors (Lipinski definition) is 0. The van der Waals surface area contributed by atoms with Crippen LogP contribution in [-0.4, -0.2) is 15.3 Å². The molecule has 2 heterocycles. The smallest absolute Gasteiger partial charge is 0.164 e. The fourth-order valence-corrected chi connectivity index (χ4v) is 3.05. The molecule has 1 aromatic carbocycles. The summed E-state index contributed by atoms with van der Waals surface area (Å²) in [6, 6.07) is 12.1. The Hall–Kier alpha value is -2.42. The lowest BCUT2D eigenvalue weighted by molar-refractivity contribution is 0.0972. The molecule has 0 aliphatic heterocycles. The molecule has 1 aliphatic carbocycles. The van der Waals surface area contributed by atoms with Gasteiger partial charge in [0.1, 0.15) is 0 Å². The van der Waals surface area contributed by atoms with E-state index in [0.717, 1.165) is 40.7 Å². The molecule has 0 amide bonds. The topological polar surface area (TPSA) is 34.9 Å². The summed E-state index contributed by atoms with van der Waals surface area (Å²) in [6.07, 6.45) is 6.40. The maximum absolute atomic E-state index is 12.0. The Morgan fingerprint density at radius 3 is 2.95 bits per heavy atom. The molecule has 3 heteroatoms. The first-order chi connectivity index (χ1) is 9.84. The van der Waals surface area contributed by atoms with E-state index in [1.165, 1.54) is 0 Å². The van der Waals surface area contributed by atoms with E-state index in [1.54, 1.807) is 6.20 Å². The molecule has 98 valence electrons. The number of aromatic nitrogens is 2. The van der Waals surface area contributed by atoms with Crippen LogP contribution in [0, 0.1) is 0 Å². The minimum Gasteiger partial charge on any atom is -0.319 e. The van der Waals surface area contributed by atoms with E-state index in [4.69, 9.17) is 0 Å². The van der Waals surface area contributed by atoms with E-state index in [1.807, 2.05) is 30.5 Å². The molecule has 0 unspecified atom stereocenters. The molecule has 2 aromatic heterocycles. The number of hydrogen-bond acceptors (Lipinski definition) is 2. The lowest BCUT2D eigenvalue weighted by Crippen LogP contribution is -2.12. The highest BCUT2D eigenvalue weighted by atomic mass is 16.1. The van der Waals surface area contributed by atoms with Crippen molar-refractivity contribution in [1.29, 1.82) is 0 Å². The Balaban J connectivity index is 1.99. The lowest BCUT2D eigenvalue weighted by atomic mass is 9.96. The Labute approximate surface area is 116 Å². The summed E-state index contributed by atoms with van der Waals surface area (Å²) in [5.41, 5.74) is 4.11. The quantitative estimate of drug-likeness (QED) is 0.672. The van der Waals surface area contributed by atoms with Crippen LogP contribution in [0.3, 0.4) is 0 Å². The van der Waals surface area contributed by atoms with Gasteiger partial charge in [0, 0.05) is 35.5 Å². The molecule has 0 radical (unpaired) electrons. The van der Waals surface area contributed by atoms with Gasteiger partial charge in [-0.25, -0.2) is 0 Å². The van der Waals surface area contributed by atoms with Gasteiger partial charge >= 0.3 is 0 Å². The molecule has 4 rings (SSSR count). The lowest BCUT2D eigenvalue weighted by Gasteiger charge is -2.16. The van der Waals surface area contributed by atoms with Crippen molar-refractivity contribution in [2.75, 3.05) is 0 Å². The van der Waals surface area contributed by atoms with Crippen LogP contribution in [-0.2, 0) is 6.42 Å². The first-order valence-electron chi connectivity index (χ1n) is 6.92. The van der Waals surface area contributed by atoms with Gasteiger partial charge in [0.05, 0.1) is 11.2 Å². The number of fused-ring (bicyclic) bond motifs is 2. The Bertz CT molecular complexity index is 811. The molecule has 1 aliphatic rings. The van der Waals surface area contributed by atoms with Crippen LogP contribution in [0.15, 0.2) is 48.8 Å². The molecule has 0 fully saturated rings. The number of Topliss-reactive ketones (excluding diaryl/α,β-unsaturated/α-hetero) is 1. The van der Waals surface area contributed by atoms with Gasteiger partial charge in [-0.05, 0) is 43.2 Å². The van der Waals surface area contributed by atoms with Gasteiger partial charge < -0.3 is 4.57 Å². The zero-order valence-electron chi connectivity index (χ0n) is 11.0. The second-order valence-electron chi connectivity index (χ2n) is 5.17. The molecule has 0 saturated heterocycles. The van der Waals surface area contributed by atoms with Crippen LogP contribution in [0.2, 0.25) is 0 Å². The van der Waals surface area contributed by atoms with Crippen molar-refractivity contribution in [1.82, 2.24) is 9.55 Å². The number of rotatable bonds is 1. The zero-order chi connectivity index (χ0) is 13.5. The summed E-state index contributed by atoms with van der Waals surface area (Å²) >= 11 is 0. The Morgan fingerprint density at radius 1 is 1.05 bits per heavy atom. The molecular formula is C17H14N2O. The summed E-state index contributed by atoms with van der Waals surface area (Å²) in [6.45, 7) is 0. The second-order valence-corrected chi connectivity index (χ2v) is 5.17. The van der Waals surface area contributed by atoms with Crippen molar-refractivity contribution < 1.29 is 4.79 Å². The maximum Gasteiger partial charge on any atom is 0.164 e. The minimum atomic E-state index is 0.267. The highest BCUT2D eigenvalue weighted by Crippen LogP contribution is 2.28. The van der Waals surface area contributed by atoms with Gasteiger partial charge in [0.15, 0.2) is 5.78 Å². The molecule has 0 atom stereocenters. The van der Waals surface area contributed by atoms with E-state index >= 15 is 0 Å². The van der Waals surface area contributed by atoms with Crippen LogP contribution in [0.1, 0.15) is 28.9 Å². The summed E-state index contributed by atoms with van der Waals surface area (Å²) in [5, 5.41) is 1.12. The number of carbonyl (C=O) groups excluding carboxylic acids is 1. The predicted molar refractivity (Wildman–Crippen MR) is 78.3 cm³/mol. The van der Waals surface area contributed by atoms with E-state index in [-0.39, 0.29) is 5.78 Å². The number of nitrogens with zero attached hydrogens (tertiary/aromatic N) is 2. The van der Waals surface area contributed by atoms with E-state index in [9.17, 15) is 4.79 Å². The zero-order valence-corrected chi connectivity index (χ0v) is 11.0. The second kappa shape index (κ2) is 4.30. The standard InChI is InChI=1S/C17H14N2O/c20-17-8-2-7-16-13(17)9-11-19(16)15-6-1-5-14-12(15)4-3-10-18-14/h1,3-6,9-11H,2,7-8H2. The molecule has 0 N–H and O–H groups in total. The van der Waals surface area contributed by atoms with Gasteiger partial charge in [0.2, 0.25) is 0 Å². The largest absolute Gasteiger partial charge is 0.319 e. The Kier molecular flexibility index (Phi) is 2.46. The summed E-state index contributed by atoms with van der Waals surface area (Å²) in [7, 11) is 0. The summed E-state index contributed by atoms with van der Waals surface area (Å²) in [5.74, 6) is 0.267. The van der Waals surface area contributed by atoms with Gasteiger partial charge in [0.25, 0.3) is 0 Å². The minimum absolute atomic E-state index is 0.267. The number of carbonyl (C=O) groups is 1.